The molecule has 1 unspecified atom stereocenters. The summed E-state index contributed by atoms with van der Waals surface area (Å²) in [6, 6.07) is 10.0. The Labute approximate surface area is 164 Å². The number of nitrogens with one attached hydrogen (secondary N) is 1. The number of nitrogens with zero attached hydrogens (tertiary/aromatic N) is 1. The van der Waals surface area contributed by atoms with Crippen molar-refractivity contribution in [3.63, 3.8) is 0 Å². The van der Waals surface area contributed by atoms with Crippen LogP contribution in [-0.4, -0.2) is 32.4 Å². The van der Waals surface area contributed by atoms with Crippen LogP contribution in [0.2, 0.25) is 0 Å². The summed E-state index contributed by atoms with van der Waals surface area (Å²) < 4.78 is 24.2. The Balaban J connectivity index is 0.00000364. The molecular weight excluding hydrogens is 373 g/mol. The highest BCUT2D eigenvalue weighted by Crippen LogP contribution is 2.27. The molecule has 0 saturated carbocycles. The number of nitrogen functional groups attached to an aromatic ring is 1. The molecule has 0 bridgehead atoms. The van der Waals surface area contributed by atoms with Gasteiger partial charge in [0.1, 0.15) is 11.9 Å². The lowest BCUT2D eigenvalue weighted by Crippen LogP contribution is -2.24. The van der Waals surface area contributed by atoms with Crippen LogP contribution >= 0.6 is 12.4 Å². The lowest BCUT2D eigenvalue weighted by molar-refractivity contribution is 0.174. The van der Waals surface area contributed by atoms with Crippen molar-refractivity contribution in [2.45, 2.75) is 12.5 Å². The molecule has 0 aliphatic heterocycles. The van der Waals surface area contributed by atoms with Gasteiger partial charge in [0.2, 0.25) is 0 Å². The van der Waals surface area contributed by atoms with Crippen LogP contribution in [0.3, 0.4) is 0 Å². The van der Waals surface area contributed by atoms with Crippen molar-refractivity contribution in [1.82, 2.24) is 5.32 Å². The van der Waals surface area contributed by atoms with Gasteiger partial charge in [-0.2, -0.15) is 5.26 Å². The fourth-order valence-corrected chi connectivity index (χ4v) is 2.55. The number of hydrogen-bond donors (Lipinski definition) is 3. The first-order valence-electron chi connectivity index (χ1n) is 8.08. The maximum atomic E-state index is 13.7. The number of anilines is 1. The van der Waals surface area contributed by atoms with Crippen LogP contribution < -0.4 is 20.5 Å². The normalized spacial score (nSPS) is 11.2. The van der Waals surface area contributed by atoms with Crippen molar-refractivity contribution in [2.24, 2.45) is 0 Å². The first-order valence-corrected chi connectivity index (χ1v) is 8.08. The van der Waals surface area contributed by atoms with E-state index >= 15 is 0 Å². The van der Waals surface area contributed by atoms with Crippen LogP contribution in [-0.2, 0) is 6.42 Å². The van der Waals surface area contributed by atoms with Crippen molar-refractivity contribution in [2.75, 3.05) is 33.0 Å². The first kappa shape index (κ1) is 22.5. The van der Waals surface area contributed by atoms with Gasteiger partial charge in [-0.1, -0.05) is 6.07 Å². The molecule has 6 nitrogen and oxygen atoms in total. The minimum absolute atomic E-state index is 0. The average Bonchev–Trinajstić information content (AvgIpc) is 2.66. The summed E-state index contributed by atoms with van der Waals surface area (Å²) in [7, 11) is 3.16. The van der Waals surface area contributed by atoms with E-state index < -0.39 is 11.9 Å². The van der Waals surface area contributed by atoms with Crippen LogP contribution in [0.1, 0.15) is 22.8 Å². The molecule has 2 aromatic rings. The van der Waals surface area contributed by atoms with Crippen LogP contribution in [0.25, 0.3) is 0 Å². The smallest absolute Gasteiger partial charge is 0.160 e. The maximum absolute atomic E-state index is 13.7. The Morgan fingerprint density at radius 1 is 1.22 bits per heavy atom. The molecule has 0 aromatic heterocycles. The van der Waals surface area contributed by atoms with E-state index in [4.69, 9.17) is 20.5 Å². The second-order valence-electron chi connectivity index (χ2n) is 5.74. The standard InChI is InChI=1S/C19H22FN3O3.ClH/c1-25-17-4-3-12(7-18(17)26-2)5-6-23-11-16(24)13-8-14(10-21)19(22)15(20)9-13;/h3-4,7-9,16,23-24H,5-6,11,22H2,1-2H3;1H. The Bertz CT molecular complexity index is 812. The summed E-state index contributed by atoms with van der Waals surface area (Å²) in [5, 5.41) is 22.3. The fraction of sp³-hybridized carbons (Fsp3) is 0.316. The summed E-state index contributed by atoms with van der Waals surface area (Å²) >= 11 is 0. The molecule has 0 heterocycles. The van der Waals surface area contributed by atoms with E-state index in [1.54, 1.807) is 14.2 Å². The zero-order valence-electron chi connectivity index (χ0n) is 15.2. The zero-order valence-corrected chi connectivity index (χ0v) is 16.0. The third-order valence-electron chi connectivity index (χ3n) is 4.03. The SMILES string of the molecule is COc1ccc(CCNCC(O)c2cc(F)c(N)c(C#N)c2)cc1OC.Cl. The number of hydrogen-bond acceptors (Lipinski definition) is 6. The van der Waals surface area contributed by atoms with Gasteiger partial charge in [0.25, 0.3) is 0 Å². The van der Waals surface area contributed by atoms with Crippen LogP contribution in [0.15, 0.2) is 30.3 Å². The lowest BCUT2D eigenvalue weighted by atomic mass is 10.0. The summed E-state index contributed by atoms with van der Waals surface area (Å²) in [5.41, 5.74) is 6.66. The Hall–Kier alpha value is -2.53. The van der Waals surface area contributed by atoms with Gasteiger partial charge in [0.15, 0.2) is 11.5 Å². The Kier molecular flexibility index (Phi) is 8.82. The largest absolute Gasteiger partial charge is 0.493 e. The van der Waals surface area contributed by atoms with E-state index in [0.717, 1.165) is 11.6 Å². The fourth-order valence-electron chi connectivity index (χ4n) is 2.55. The molecule has 0 fully saturated rings. The molecule has 8 heteroatoms. The predicted octanol–water partition coefficient (Wildman–Crippen LogP) is 2.58. The molecule has 1 atom stereocenters. The van der Waals surface area contributed by atoms with Gasteiger partial charge in [-0.15, -0.1) is 12.4 Å². The molecular formula is C19H23ClFN3O3. The van der Waals surface area contributed by atoms with Crippen molar-refractivity contribution in [1.29, 1.82) is 5.26 Å². The summed E-state index contributed by atoms with van der Waals surface area (Å²) in [6.45, 7) is 0.830. The van der Waals surface area contributed by atoms with Crippen LogP contribution in [0.4, 0.5) is 10.1 Å². The van der Waals surface area contributed by atoms with Crippen molar-refractivity contribution in [3.05, 3.63) is 52.8 Å². The van der Waals surface area contributed by atoms with Gasteiger partial charge in [0.05, 0.1) is 31.6 Å². The van der Waals surface area contributed by atoms with E-state index in [0.29, 0.717) is 30.0 Å². The highest BCUT2D eigenvalue weighted by atomic mass is 35.5. The third kappa shape index (κ3) is 5.73. The van der Waals surface area contributed by atoms with E-state index in [2.05, 4.69) is 5.32 Å². The molecule has 4 N–H and O–H groups in total. The number of rotatable bonds is 8. The minimum Gasteiger partial charge on any atom is -0.493 e. The first-order chi connectivity index (χ1) is 12.5. The number of nitrogens with two attached hydrogens (primary N) is 1. The highest BCUT2D eigenvalue weighted by molar-refractivity contribution is 5.85. The molecule has 2 aromatic carbocycles. The average molecular weight is 396 g/mol. The second kappa shape index (κ2) is 10.6. The number of aliphatic hydroxyl groups is 1. The molecule has 0 spiro atoms. The number of nitriles is 1. The molecule has 0 aliphatic rings. The second-order valence-corrected chi connectivity index (χ2v) is 5.74. The Morgan fingerprint density at radius 3 is 2.56 bits per heavy atom. The molecule has 0 radical (unpaired) electrons. The van der Waals surface area contributed by atoms with Crippen molar-refractivity contribution < 1.29 is 19.0 Å². The van der Waals surface area contributed by atoms with Crippen molar-refractivity contribution in [3.8, 4) is 17.6 Å². The van der Waals surface area contributed by atoms with Crippen LogP contribution in [0.5, 0.6) is 11.5 Å². The van der Waals surface area contributed by atoms with E-state index in [-0.39, 0.29) is 30.2 Å². The van der Waals surface area contributed by atoms with E-state index in [1.807, 2.05) is 24.3 Å². The molecule has 0 aliphatic carbocycles. The van der Waals surface area contributed by atoms with Gasteiger partial charge in [0, 0.05) is 6.54 Å². The van der Waals surface area contributed by atoms with Gasteiger partial charge >= 0.3 is 0 Å². The minimum atomic E-state index is -0.942. The number of ether oxygens (including phenoxy) is 2. The Morgan fingerprint density at radius 2 is 1.93 bits per heavy atom. The van der Waals surface area contributed by atoms with E-state index in [9.17, 15) is 9.50 Å². The van der Waals surface area contributed by atoms with Gasteiger partial charge in [-0.3, -0.25) is 0 Å². The summed E-state index contributed by atoms with van der Waals surface area (Å²) in [6.07, 6.45) is -0.227. The van der Waals surface area contributed by atoms with Crippen LogP contribution in [0, 0.1) is 17.1 Å². The number of benzene rings is 2. The number of aliphatic hydroxyl groups excluding tert-OH is 1. The molecule has 0 saturated heterocycles. The van der Waals surface area contributed by atoms with Gasteiger partial charge in [-0.25, -0.2) is 4.39 Å². The summed E-state index contributed by atoms with van der Waals surface area (Å²) in [5.74, 6) is 0.619. The molecule has 0 amide bonds. The third-order valence-corrected chi connectivity index (χ3v) is 4.03. The zero-order chi connectivity index (χ0) is 19.1. The van der Waals surface area contributed by atoms with Gasteiger partial charge in [-0.05, 0) is 48.4 Å². The number of methoxy groups -OCH3 is 2. The predicted molar refractivity (Wildman–Crippen MR) is 104 cm³/mol. The highest BCUT2D eigenvalue weighted by Gasteiger charge is 2.13. The quantitative estimate of drug-likeness (QED) is 0.469. The molecule has 146 valence electrons. The summed E-state index contributed by atoms with van der Waals surface area (Å²) in [4.78, 5) is 0. The molecule has 27 heavy (non-hydrogen) atoms. The lowest BCUT2D eigenvalue weighted by Gasteiger charge is -2.14. The topological polar surface area (TPSA) is 101 Å². The monoisotopic (exact) mass is 395 g/mol. The van der Waals surface area contributed by atoms with E-state index in [1.165, 1.54) is 6.07 Å². The van der Waals surface area contributed by atoms with Crippen molar-refractivity contribution >= 4 is 18.1 Å². The van der Waals surface area contributed by atoms with Gasteiger partial charge < -0.3 is 25.6 Å². The maximum Gasteiger partial charge on any atom is 0.160 e. The number of halogens is 2. The molecule has 2 rings (SSSR count).